The largest absolute Gasteiger partial charge is 0.402 e. The smallest absolute Gasteiger partial charge is 0.315 e. The quantitative estimate of drug-likeness (QED) is 0.772. The Morgan fingerprint density at radius 2 is 2.06 bits per heavy atom. The summed E-state index contributed by atoms with van der Waals surface area (Å²) in [6.45, 7) is 1.43. The summed E-state index contributed by atoms with van der Waals surface area (Å²) in [7, 11) is -4.07. The minimum atomic E-state index is -4.54. The molecule has 0 saturated carbocycles. The molecule has 2 aliphatic heterocycles. The fourth-order valence-corrected chi connectivity index (χ4v) is 4.45. The molecule has 0 radical (unpaired) electrons. The van der Waals surface area contributed by atoms with E-state index in [1.807, 2.05) is 0 Å². The first-order valence-corrected chi connectivity index (χ1v) is 7.20. The summed E-state index contributed by atoms with van der Waals surface area (Å²) in [5.41, 5.74) is 0. The van der Waals surface area contributed by atoms with Crippen molar-refractivity contribution in [3.05, 3.63) is 0 Å². The molecule has 9 heteroatoms. The number of alkyl halides is 3. The van der Waals surface area contributed by atoms with Gasteiger partial charge in [0.1, 0.15) is 6.54 Å². The van der Waals surface area contributed by atoms with Crippen LogP contribution >= 0.6 is 0 Å². The van der Waals surface area contributed by atoms with Gasteiger partial charge in [-0.05, 0) is 25.8 Å². The minimum absolute atomic E-state index is 0.197. The standard InChI is InChI=1S/C9H16F3N3O2S/c1-6-2-7-3-13-4-8(7)15(6)18(16,17)14-5-9(10,11)12/h6-8,13-14H,2-5H2,1H3. The van der Waals surface area contributed by atoms with Gasteiger partial charge in [0.2, 0.25) is 0 Å². The molecule has 2 heterocycles. The fourth-order valence-electron chi connectivity index (χ4n) is 2.79. The van der Waals surface area contributed by atoms with Gasteiger partial charge in [-0.2, -0.15) is 30.6 Å². The molecule has 0 aromatic carbocycles. The summed E-state index contributed by atoms with van der Waals surface area (Å²) in [6, 6.07) is -0.487. The van der Waals surface area contributed by atoms with Gasteiger partial charge in [0.25, 0.3) is 10.2 Å². The molecular weight excluding hydrogens is 271 g/mol. The number of halogens is 3. The molecule has 0 aliphatic carbocycles. The first-order chi connectivity index (χ1) is 8.21. The van der Waals surface area contributed by atoms with Gasteiger partial charge in [-0.25, -0.2) is 0 Å². The Hall–Kier alpha value is -0.380. The van der Waals surface area contributed by atoms with Crippen LogP contribution in [-0.2, 0) is 10.2 Å². The SMILES string of the molecule is CC1CC2CNCC2N1S(=O)(=O)NCC(F)(F)F. The Morgan fingerprint density at radius 1 is 1.39 bits per heavy atom. The fraction of sp³-hybridized carbons (Fsp3) is 1.00. The van der Waals surface area contributed by atoms with Crippen molar-refractivity contribution in [2.24, 2.45) is 5.92 Å². The van der Waals surface area contributed by atoms with Crippen LogP contribution in [0.2, 0.25) is 0 Å². The Balaban J connectivity index is 2.09. The van der Waals surface area contributed by atoms with Gasteiger partial charge in [0, 0.05) is 18.6 Å². The summed E-state index contributed by atoms with van der Waals surface area (Å²) in [5.74, 6) is 0.197. The average Bonchev–Trinajstić information content (AvgIpc) is 2.72. The third kappa shape index (κ3) is 2.79. The third-order valence-corrected chi connectivity index (χ3v) is 5.14. The average molecular weight is 287 g/mol. The molecule has 0 aromatic rings. The minimum Gasteiger partial charge on any atom is -0.315 e. The highest BCUT2D eigenvalue weighted by Gasteiger charge is 2.48. The van der Waals surface area contributed by atoms with Crippen LogP contribution in [0.25, 0.3) is 0 Å². The van der Waals surface area contributed by atoms with Gasteiger partial charge in [-0.1, -0.05) is 0 Å². The molecule has 0 spiro atoms. The highest BCUT2D eigenvalue weighted by molar-refractivity contribution is 7.87. The Kier molecular flexibility index (Phi) is 3.60. The Bertz CT molecular complexity index is 412. The van der Waals surface area contributed by atoms with Crippen molar-refractivity contribution >= 4 is 10.2 Å². The molecule has 0 amide bonds. The molecule has 106 valence electrons. The van der Waals surface area contributed by atoms with Crippen molar-refractivity contribution in [1.29, 1.82) is 0 Å². The summed E-state index contributed by atoms with van der Waals surface area (Å²) in [5, 5.41) is 3.06. The summed E-state index contributed by atoms with van der Waals surface area (Å²) < 4.78 is 62.9. The zero-order valence-corrected chi connectivity index (χ0v) is 10.7. The van der Waals surface area contributed by atoms with Crippen molar-refractivity contribution in [2.75, 3.05) is 19.6 Å². The molecule has 2 saturated heterocycles. The third-order valence-electron chi connectivity index (χ3n) is 3.44. The van der Waals surface area contributed by atoms with Gasteiger partial charge in [0.15, 0.2) is 0 Å². The second-order valence-corrected chi connectivity index (χ2v) is 6.50. The van der Waals surface area contributed by atoms with E-state index in [1.54, 1.807) is 11.6 Å². The summed E-state index contributed by atoms with van der Waals surface area (Å²) in [4.78, 5) is 0. The Morgan fingerprint density at radius 3 is 2.67 bits per heavy atom. The van der Waals surface area contributed by atoms with Crippen molar-refractivity contribution in [2.45, 2.75) is 31.6 Å². The second kappa shape index (κ2) is 4.62. The molecule has 2 fully saturated rings. The van der Waals surface area contributed by atoms with E-state index < -0.39 is 22.9 Å². The topological polar surface area (TPSA) is 61.4 Å². The van der Waals surface area contributed by atoms with E-state index in [9.17, 15) is 21.6 Å². The predicted molar refractivity (Wildman–Crippen MR) is 59.0 cm³/mol. The molecule has 3 atom stereocenters. The van der Waals surface area contributed by atoms with Crippen molar-refractivity contribution in [3.8, 4) is 0 Å². The van der Waals surface area contributed by atoms with Gasteiger partial charge in [0.05, 0.1) is 0 Å². The number of nitrogens with one attached hydrogen (secondary N) is 2. The lowest BCUT2D eigenvalue weighted by Gasteiger charge is -2.26. The van der Waals surface area contributed by atoms with Gasteiger partial charge >= 0.3 is 6.18 Å². The van der Waals surface area contributed by atoms with Crippen molar-refractivity contribution < 1.29 is 21.6 Å². The summed E-state index contributed by atoms with van der Waals surface area (Å²) >= 11 is 0. The van der Waals surface area contributed by atoms with Gasteiger partial charge in [-0.3, -0.25) is 0 Å². The molecule has 5 nitrogen and oxygen atoms in total. The van der Waals surface area contributed by atoms with Crippen LogP contribution in [0.3, 0.4) is 0 Å². The van der Waals surface area contributed by atoms with Crippen LogP contribution in [0.1, 0.15) is 13.3 Å². The number of fused-ring (bicyclic) bond motifs is 1. The molecule has 0 aromatic heterocycles. The molecule has 3 unspecified atom stereocenters. The Labute approximate surface area is 104 Å². The predicted octanol–water partition coefficient (Wildman–Crippen LogP) is 0.0653. The van der Waals surface area contributed by atoms with E-state index in [-0.39, 0.29) is 18.0 Å². The van der Waals surface area contributed by atoms with Crippen LogP contribution < -0.4 is 10.0 Å². The number of hydrogen-bond donors (Lipinski definition) is 2. The van der Waals surface area contributed by atoms with Crippen LogP contribution in [0.5, 0.6) is 0 Å². The monoisotopic (exact) mass is 287 g/mol. The van der Waals surface area contributed by atoms with E-state index in [4.69, 9.17) is 0 Å². The zero-order valence-electron chi connectivity index (χ0n) is 9.87. The molecule has 2 aliphatic rings. The number of hydrogen-bond acceptors (Lipinski definition) is 3. The lowest BCUT2D eigenvalue weighted by atomic mass is 10.0. The van der Waals surface area contributed by atoms with Crippen molar-refractivity contribution in [3.63, 3.8) is 0 Å². The number of nitrogens with zero attached hydrogens (tertiary/aromatic N) is 1. The van der Waals surface area contributed by atoms with Crippen LogP contribution in [-0.4, -0.2) is 50.6 Å². The maximum atomic E-state index is 12.1. The van der Waals surface area contributed by atoms with E-state index in [0.29, 0.717) is 13.0 Å². The first-order valence-electron chi connectivity index (χ1n) is 5.76. The van der Waals surface area contributed by atoms with Crippen LogP contribution in [0.15, 0.2) is 0 Å². The highest BCUT2D eigenvalue weighted by atomic mass is 32.2. The van der Waals surface area contributed by atoms with E-state index >= 15 is 0 Å². The van der Waals surface area contributed by atoms with Crippen LogP contribution in [0, 0.1) is 5.92 Å². The molecule has 2 rings (SSSR count). The molecular formula is C9H16F3N3O2S. The highest BCUT2D eigenvalue weighted by Crippen LogP contribution is 2.34. The maximum absolute atomic E-state index is 12.1. The summed E-state index contributed by atoms with van der Waals surface area (Å²) in [6.07, 6.45) is -3.85. The van der Waals surface area contributed by atoms with Crippen molar-refractivity contribution in [1.82, 2.24) is 14.3 Å². The normalized spacial score (nSPS) is 33.9. The van der Waals surface area contributed by atoms with Gasteiger partial charge < -0.3 is 5.32 Å². The first kappa shape index (κ1) is 14.0. The van der Waals surface area contributed by atoms with Gasteiger partial charge in [-0.15, -0.1) is 0 Å². The molecule has 2 N–H and O–H groups in total. The number of rotatable bonds is 3. The lowest BCUT2D eigenvalue weighted by molar-refractivity contribution is -0.121. The van der Waals surface area contributed by atoms with E-state index in [0.717, 1.165) is 6.54 Å². The maximum Gasteiger partial charge on any atom is 0.402 e. The molecule has 0 bridgehead atoms. The zero-order chi connectivity index (χ0) is 13.6. The lowest BCUT2D eigenvalue weighted by Crippen LogP contribution is -2.50. The van der Waals surface area contributed by atoms with E-state index in [2.05, 4.69) is 5.32 Å². The molecule has 18 heavy (non-hydrogen) atoms. The second-order valence-electron chi connectivity index (χ2n) is 4.84. The van der Waals surface area contributed by atoms with Crippen LogP contribution in [0.4, 0.5) is 13.2 Å². The van der Waals surface area contributed by atoms with E-state index in [1.165, 1.54) is 4.31 Å².